The number of hydrogen-bond donors (Lipinski definition) is 0. The molecule has 1 saturated heterocycles. The molecule has 3 heterocycles. The lowest BCUT2D eigenvalue weighted by molar-refractivity contribution is 0.0750. The van der Waals surface area contributed by atoms with Crippen molar-refractivity contribution in [1.29, 1.82) is 0 Å². The van der Waals surface area contributed by atoms with Crippen LogP contribution >= 0.6 is 11.3 Å². The topological polar surface area (TPSA) is 49.3 Å². The number of carbonyl (C=O) groups is 1. The van der Waals surface area contributed by atoms with E-state index in [1.807, 2.05) is 31.0 Å². The van der Waals surface area contributed by atoms with Gasteiger partial charge in [0.15, 0.2) is 0 Å². The van der Waals surface area contributed by atoms with Crippen molar-refractivity contribution in [3.05, 3.63) is 39.5 Å². The number of pyridine rings is 1. The van der Waals surface area contributed by atoms with E-state index in [2.05, 4.69) is 27.9 Å². The van der Waals surface area contributed by atoms with Crippen LogP contribution in [0.25, 0.3) is 0 Å². The predicted octanol–water partition coefficient (Wildman–Crippen LogP) is 2.68. The zero-order valence-corrected chi connectivity index (χ0v) is 14.7. The van der Waals surface area contributed by atoms with Crippen LogP contribution in [-0.4, -0.2) is 47.0 Å². The summed E-state index contributed by atoms with van der Waals surface area (Å²) < 4.78 is 0. The smallest absolute Gasteiger partial charge is 0.265 e. The first kappa shape index (κ1) is 15.9. The fourth-order valence-electron chi connectivity index (χ4n) is 2.95. The zero-order chi connectivity index (χ0) is 16.4. The van der Waals surface area contributed by atoms with E-state index < -0.39 is 0 Å². The maximum Gasteiger partial charge on any atom is 0.265 e. The van der Waals surface area contributed by atoms with Gasteiger partial charge in [-0.3, -0.25) is 4.79 Å². The van der Waals surface area contributed by atoms with Crippen LogP contribution in [0.2, 0.25) is 0 Å². The number of nitrogens with zero attached hydrogens (tertiary/aromatic N) is 4. The molecule has 0 aliphatic carbocycles. The van der Waals surface area contributed by atoms with E-state index in [9.17, 15) is 4.79 Å². The van der Waals surface area contributed by atoms with Crippen LogP contribution in [0.4, 0.5) is 5.82 Å². The van der Waals surface area contributed by atoms with Crippen LogP contribution in [0, 0.1) is 13.8 Å². The number of amides is 1. The molecule has 1 aliphatic rings. The molecule has 0 N–H and O–H groups in total. The van der Waals surface area contributed by atoms with Gasteiger partial charge in [0, 0.05) is 32.4 Å². The Labute approximate surface area is 141 Å². The van der Waals surface area contributed by atoms with Crippen molar-refractivity contribution < 1.29 is 4.79 Å². The summed E-state index contributed by atoms with van der Waals surface area (Å²) in [5.41, 5.74) is 2.11. The highest BCUT2D eigenvalue weighted by Gasteiger charge is 2.26. The lowest BCUT2D eigenvalue weighted by atomic mass is 10.2. The molecule has 0 unspecified atom stereocenters. The van der Waals surface area contributed by atoms with E-state index in [-0.39, 0.29) is 5.91 Å². The van der Waals surface area contributed by atoms with Crippen LogP contribution in [0.5, 0.6) is 0 Å². The van der Waals surface area contributed by atoms with Gasteiger partial charge in [-0.25, -0.2) is 9.97 Å². The highest BCUT2D eigenvalue weighted by molar-refractivity contribution is 7.13. The Hall–Kier alpha value is -1.95. The lowest BCUT2D eigenvalue weighted by Gasteiger charge is -2.35. The predicted molar refractivity (Wildman–Crippen MR) is 93.3 cm³/mol. The summed E-state index contributed by atoms with van der Waals surface area (Å²) in [7, 11) is 0. The fraction of sp³-hybridized carbons (Fsp3) is 0.471. The van der Waals surface area contributed by atoms with Gasteiger partial charge in [0.1, 0.15) is 10.7 Å². The highest BCUT2D eigenvalue weighted by atomic mass is 32.1. The molecular weight excluding hydrogens is 308 g/mol. The van der Waals surface area contributed by atoms with E-state index in [1.165, 1.54) is 16.9 Å². The normalized spacial score (nSPS) is 15.1. The number of anilines is 1. The maximum atomic E-state index is 12.8. The Morgan fingerprint density at radius 2 is 2.00 bits per heavy atom. The van der Waals surface area contributed by atoms with Crippen LogP contribution in [0.3, 0.4) is 0 Å². The van der Waals surface area contributed by atoms with E-state index in [4.69, 9.17) is 0 Å². The first-order valence-electron chi connectivity index (χ1n) is 8.02. The minimum atomic E-state index is 0.129. The van der Waals surface area contributed by atoms with Crippen molar-refractivity contribution >= 4 is 23.1 Å². The molecule has 1 fully saturated rings. The fourth-order valence-corrected chi connectivity index (χ4v) is 3.93. The van der Waals surface area contributed by atoms with E-state index in [0.29, 0.717) is 0 Å². The van der Waals surface area contributed by atoms with Gasteiger partial charge in [0.2, 0.25) is 0 Å². The van der Waals surface area contributed by atoms with E-state index in [0.717, 1.165) is 54.0 Å². The van der Waals surface area contributed by atoms with Crippen LogP contribution in [0.1, 0.15) is 32.9 Å². The minimum Gasteiger partial charge on any atom is -0.353 e. The summed E-state index contributed by atoms with van der Waals surface area (Å²) in [6, 6.07) is 4.03. The molecule has 122 valence electrons. The Kier molecular flexibility index (Phi) is 4.61. The third-order valence-corrected chi connectivity index (χ3v) is 5.18. The molecule has 23 heavy (non-hydrogen) atoms. The van der Waals surface area contributed by atoms with E-state index >= 15 is 0 Å². The number of thiazole rings is 1. The van der Waals surface area contributed by atoms with Gasteiger partial charge >= 0.3 is 0 Å². The van der Waals surface area contributed by atoms with Crippen LogP contribution < -0.4 is 4.90 Å². The molecule has 6 heteroatoms. The summed E-state index contributed by atoms with van der Waals surface area (Å²) in [6.45, 7) is 9.19. The second-order valence-electron chi connectivity index (χ2n) is 5.79. The van der Waals surface area contributed by atoms with Gasteiger partial charge in [-0.05, 0) is 31.9 Å². The van der Waals surface area contributed by atoms with Crippen LogP contribution in [0.15, 0.2) is 18.3 Å². The second-order valence-corrected chi connectivity index (χ2v) is 6.99. The quantitative estimate of drug-likeness (QED) is 0.868. The third-order valence-electron chi connectivity index (χ3n) is 4.18. The molecule has 0 bridgehead atoms. The monoisotopic (exact) mass is 330 g/mol. The van der Waals surface area contributed by atoms with Crippen molar-refractivity contribution in [2.75, 3.05) is 31.1 Å². The number of aryl methyl sites for hydroxylation is 3. The first-order chi connectivity index (χ1) is 11.1. The van der Waals surface area contributed by atoms with Gasteiger partial charge < -0.3 is 9.80 Å². The Balaban J connectivity index is 1.69. The number of piperazine rings is 1. The molecule has 3 rings (SSSR count). The third kappa shape index (κ3) is 3.22. The molecule has 1 amide bonds. The molecule has 2 aromatic rings. The van der Waals surface area contributed by atoms with Crippen molar-refractivity contribution in [2.45, 2.75) is 27.2 Å². The molecular formula is C17H22N4OS. The molecule has 2 aromatic heterocycles. The summed E-state index contributed by atoms with van der Waals surface area (Å²) >= 11 is 1.51. The van der Waals surface area contributed by atoms with Gasteiger partial charge in [0.25, 0.3) is 5.91 Å². The second kappa shape index (κ2) is 6.66. The average molecular weight is 330 g/mol. The summed E-state index contributed by atoms with van der Waals surface area (Å²) in [4.78, 5) is 26.7. The molecule has 0 aromatic carbocycles. The first-order valence-corrected chi connectivity index (χ1v) is 8.84. The van der Waals surface area contributed by atoms with Crippen molar-refractivity contribution in [1.82, 2.24) is 14.9 Å². The van der Waals surface area contributed by atoms with Crippen LogP contribution in [-0.2, 0) is 6.42 Å². The summed E-state index contributed by atoms with van der Waals surface area (Å²) in [6.07, 6.45) is 2.63. The minimum absolute atomic E-state index is 0.129. The number of hydrogen-bond acceptors (Lipinski definition) is 5. The number of carbonyl (C=O) groups excluding carboxylic acids is 1. The average Bonchev–Trinajstić information content (AvgIpc) is 2.96. The Morgan fingerprint density at radius 1 is 1.26 bits per heavy atom. The van der Waals surface area contributed by atoms with E-state index in [1.54, 1.807) is 0 Å². The number of rotatable bonds is 3. The number of aromatic nitrogens is 2. The Bertz CT molecular complexity index is 704. The molecule has 5 nitrogen and oxygen atoms in total. The molecule has 1 aliphatic heterocycles. The standard InChI is InChI=1S/C17H22N4OS/c1-4-14-15(23-13(3)19-14)17(22)21-10-8-20(9-11-21)16-12(2)6-5-7-18-16/h5-7H,4,8-11H2,1-3H3. The maximum absolute atomic E-state index is 12.8. The van der Waals surface area contributed by atoms with Gasteiger partial charge in [-0.2, -0.15) is 0 Å². The van der Waals surface area contributed by atoms with Gasteiger partial charge in [-0.15, -0.1) is 11.3 Å². The Morgan fingerprint density at radius 3 is 2.65 bits per heavy atom. The van der Waals surface area contributed by atoms with Gasteiger partial charge in [-0.1, -0.05) is 13.0 Å². The zero-order valence-electron chi connectivity index (χ0n) is 13.9. The molecule has 0 spiro atoms. The molecule has 0 atom stereocenters. The largest absolute Gasteiger partial charge is 0.353 e. The van der Waals surface area contributed by atoms with Crippen molar-refractivity contribution in [2.24, 2.45) is 0 Å². The lowest BCUT2D eigenvalue weighted by Crippen LogP contribution is -2.49. The summed E-state index contributed by atoms with van der Waals surface area (Å²) in [5, 5.41) is 0.966. The highest BCUT2D eigenvalue weighted by Crippen LogP contribution is 2.23. The summed E-state index contributed by atoms with van der Waals surface area (Å²) in [5.74, 6) is 1.16. The van der Waals surface area contributed by atoms with Crippen molar-refractivity contribution in [3.8, 4) is 0 Å². The molecule has 0 radical (unpaired) electrons. The van der Waals surface area contributed by atoms with Gasteiger partial charge in [0.05, 0.1) is 10.7 Å². The SMILES string of the molecule is CCc1nc(C)sc1C(=O)N1CCN(c2ncccc2C)CC1. The molecule has 0 saturated carbocycles. The van der Waals surface area contributed by atoms with Crippen molar-refractivity contribution in [3.63, 3.8) is 0 Å².